The molecule has 0 saturated heterocycles. The molecule has 0 aliphatic heterocycles. The number of para-hydroxylation sites is 1. The minimum absolute atomic E-state index is 0.0555. The van der Waals surface area contributed by atoms with Crippen LogP contribution in [0.15, 0.2) is 54.9 Å². The quantitative estimate of drug-likeness (QED) is 0.480. The predicted octanol–water partition coefficient (Wildman–Crippen LogP) is 2.34. The molecule has 2 aromatic rings. The average Bonchev–Trinajstić information content (AvgIpc) is 2.86. The van der Waals surface area contributed by atoms with Crippen molar-refractivity contribution in [1.82, 2.24) is 15.2 Å². The lowest BCUT2D eigenvalue weighted by Gasteiger charge is -2.13. The minimum Gasteiger partial charge on any atom is -0.271 e. The van der Waals surface area contributed by atoms with E-state index < -0.39 is 0 Å². The van der Waals surface area contributed by atoms with Crippen LogP contribution in [-0.2, 0) is 0 Å². The highest BCUT2D eigenvalue weighted by Gasteiger charge is 2.12. The predicted molar refractivity (Wildman–Crippen MR) is 73.1 cm³/mol. The van der Waals surface area contributed by atoms with E-state index >= 15 is 0 Å². The first-order chi connectivity index (χ1) is 8.70. The number of rotatable bonds is 5. The van der Waals surface area contributed by atoms with Crippen molar-refractivity contribution in [2.45, 2.75) is 19.4 Å². The van der Waals surface area contributed by atoms with Gasteiger partial charge in [-0.05, 0) is 25.5 Å². The van der Waals surface area contributed by atoms with Crippen LogP contribution in [0.4, 0.5) is 0 Å². The molecule has 1 unspecified atom stereocenters. The molecule has 1 aromatic carbocycles. The molecule has 4 heteroatoms. The molecule has 0 saturated carbocycles. The lowest BCUT2D eigenvalue weighted by Crippen LogP contribution is -2.27. The van der Waals surface area contributed by atoms with Gasteiger partial charge >= 0.3 is 0 Å². The van der Waals surface area contributed by atoms with Gasteiger partial charge in [-0.3, -0.25) is 11.3 Å². The van der Waals surface area contributed by atoms with Crippen LogP contribution in [0.5, 0.6) is 0 Å². The average molecular weight is 242 g/mol. The van der Waals surface area contributed by atoms with E-state index in [1.165, 1.54) is 0 Å². The van der Waals surface area contributed by atoms with Crippen molar-refractivity contribution in [2.24, 2.45) is 5.84 Å². The van der Waals surface area contributed by atoms with Gasteiger partial charge in [-0.1, -0.05) is 23.8 Å². The van der Waals surface area contributed by atoms with E-state index in [4.69, 9.17) is 5.84 Å². The maximum Gasteiger partial charge on any atom is 0.0645 e. The third-order valence-electron chi connectivity index (χ3n) is 2.78. The van der Waals surface area contributed by atoms with Crippen LogP contribution in [0, 0.1) is 0 Å². The van der Waals surface area contributed by atoms with Gasteiger partial charge in [0.05, 0.1) is 17.9 Å². The number of benzene rings is 1. The molecule has 0 aliphatic rings. The Bertz CT molecular complexity index is 516. The molecule has 1 aromatic heterocycles. The Morgan fingerprint density at radius 3 is 2.78 bits per heavy atom. The van der Waals surface area contributed by atoms with E-state index in [0.717, 1.165) is 23.2 Å². The smallest absolute Gasteiger partial charge is 0.0645 e. The highest BCUT2D eigenvalue weighted by atomic mass is 15.3. The monoisotopic (exact) mass is 242 g/mol. The number of nitrogens with two attached hydrogens (primary N) is 1. The molecule has 0 aliphatic carbocycles. The van der Waals surface area contributed by atoms with Crippen molar-refractivity contribution in [2.75, 3.05) is 0 Å². The number of hydrazine groups is 1. The fourth-order valence-electron chi connectivity index (χ4n) is 1.86. The second-order valence-electron chi connectivity index (χ2n) is 4.43. The Morgan fingerprint density at radius 2 is 2.17 bits per heavy atom. The molecular weight excluding hydrogens is 224 g/mol. The topological polar surface area (TPSA) is 55.9 Å². The fraction of sp³-hybridized carbons (Fsp3) is 0.214. The van der Waals surface area contributed by atoms with Gasteiger partial charge in [-0.15, -0.1) is 6.58 Å². The zero-order chi connectivity index (χ0) is 13.0. The van der Waals surface area contributed by atoms with Crippen molar-refractivity contribution < 1.29 is 0 Å². The van der Waals surface area contributed by atoms with Gasteiger partial charge in [-0.25, -0.2) is 4.68 Å². The molecule has 0 radical (unpaired) electrons. The minimum atomic E-state index is 0.0555. The molecular formula is C14H18N4. The summed E-state index contributed by atoms with van der Waals surface area (Å²) in [5, 5.41) is 4.35. The van der Waals surface area contributed by atoms with Gasteiger partial charge in [0, 0.05) is 11.8 Å². The lowest BCUT2D eigenvalue weighted by molar-refractivity contribution is 0.550. The zero-order valence-electron chi connectivity index (χ0n) is 10.5. The lowest BCUT2D eigenvalue weighted by atomic mass is 10.0. The molecule has 0 fully saturated rings. The Labute approximate surface area is 107 Å². The van der Waals surface area contributed by atoms with Crippen LogP contribution >= 0.6 is 0 Å². The molecule has 0 bridgehead atoms. The van der Waals surface area contributed by atoms with Crippen LogP contribution in [0.2, 0.25) is 0 Å². The van der Waals surface area contributed by atoms with E-state index in [0.29, 0.717) is 0 Å². The highest BCUT2D eigenvalue weighted by molar-refractivity contribution is 5.31. The van der Waals surface area contributed by atoms with E-state index in [1.54, 1.807) is 0 Å². The fourth-order valence-corrected chi connectivity index (χ4v) is 1.86. The van der Waals surface area contributed by atoms with Gasteiger partial charge in [0.2, 0.25) is 0 Å². The number of nitrogens with one attached hydrogen (secondary N) is 1. The number of nitrogens with zero attached hydrogens (tertiary/aromatic N) is 2. The molecule has 1 atom stereocenters. The van der Waals surface area contributed by atoms with Gasteiger partial charge < -0.3 is 0 Å². The number of hydrogen-bond acceptors (Lipinski definition) is 3. The third-order valence-corrected chi connectivity index (χ3v) is 2.78. The summed E-state index contributed by atoms with van der Waals surface area (Å²) in [6.45, 7) is 5.90. The molecule has 4 nitrogen and oxygen atoms in total. The van der Waals surface area contributed by atoms with E-state index in [-0.39, 0.29) is 6.04 Å². The molecule has 3 N–H and O–H groups in total. The van der Waals surface area contributed by atoms with Gasteiger partial charge in [0.1, 0.15) is 0 Å². The second-order valence-corrected chi connectivity index (χ2v) is 4.43. The Hall–Kier alpha value is -1.91. The van der Waals surface area contributed by atoms with Crippen molar-refractivity contribution in [3.05, 3.63) is 60.4 Å². The van der Waals surface area contributed by atoms with Gasteiger partial charge in [-0.2, -0.15) is 5.10 Å². The molecule has 2 rings (SSSR count). The summed E-state index contributed by atoms with van der Waals surface area (Å²) in [5.41, 5.74) is 5.99. The Kier molecular flexibility index (Phi) is 3.92. The van der Waals surface area contributed by atoms with Crippen LogP contribution < -0.4 is 11.3 Å². The standard InChI is InChI=1S/C14H18N4/c1-11(2)8-14(17-15)12-9-16-18(10-12)13-6-4-3-5-7-13/h3-7,9-10,14,17H,1,8,15H2,2H3. The van der Waals surface area contributed by atoms with Crippen molar-refractivity contribution in [1.29, 1.82) is 0 Å². The maximum absolute atomic E-state index is 5.57. The van der Waals surface area contributed by atoms with E-state index in [9.17, 15) is 0 Å². The van der Waals surface area contributed by atoms with E-state index in [2.05, 4.69) is 17.1 Å². The first-order valence-electron chi connectivity index (χ1n) is 5.91. The number of hydrogen-bond donors (Lipinski definition) is 2. The molecule has 0 spiro atoms. The molecule has 1 heterocycles. The second kappa shape index (κ2) is 5.62. The molecule has 18 heavy (non-hydrogen) atoms. The summed E-state index contributed by atoms with van der Waals surface area (Å²) in [4.78, 5) is 0. The summed E-state index contributed by atoms with van der Waals surface area (Å²) >= 11 is 0. The van der Waals surface area contributed by atoms with E-state index in [1.807, 2.05) is 54.3 Å². The first kappa shape index (κ1) is 12.5. The summed E-state index contributed by atoms with van der Waals surface area (Å²) in [5.74, 6) is 5.57. The van der Waals surface area contributed by atoms with Crippen LogP contribution in [0.25, 0.3) is 5.69 Å². The first-order valence-corrected chi connectivity index (χ1v) is 5.91. The largest absolute Gasteiger partial charge is 0.271 e. The highest BCUT2D eigenvalue weighted by Crippen LogP contribution is 2.20. The summed E-state index contributed by atoms with van der Waals surface area (Å²) in [6, 6.07) is 10.0. The van der Waals surface area contributed by atoms with Gasteiger partial charge in [0.25, 0.3) is 0 Å². The van der Waals surface area contributed by atoms with Crippen LogP contribution in [-0.4, -0.2) is 9.78 Å². The summed E-state index contributed by atoms with van der Waals surface area (Å²) in [6.07, 6.45) is 4.63. The Balaban J connectivity index is 2.22. The summed E-state index contributed by atoms with van der Waals surface area (Å²) in [7, 11) is 0. The SMILES string of the molecule is C=C(C)CC(NN)c1cnn(-c2ccccc2)c1. The van der Waals surface area contributed by atoms with Crippen molar-refractivity contribution in [3.63, 3.8) is 0 Å². The molecule has 94 valence electrons. The number of aromatic nitrogens is 2. The maximum atomic E-state index is 5.57. The van der Waals surface area contributed by atoms with Crippen molar-refractivity contribution >= 4 is 0 Å². The molecule has 0 amide bonds. The normalized spacial score (nSPS) is 12.3. The zero-order valence-corrected chi connectivity index (χ0v) is 10.5. The van der Waals surface area contributed by atoms with Gasteiger partial charge in [0.15, 0.2) is 0 Å². The van der Waals surface area contributed by atoms with Crippen molar-refractivity contribution in [3.8, 4) is 5.69 Å². The summed E-state index contributed by atoms with van der Waals surface area (Å²) < 4.78 is 1.85. The van der Waals surface area contributed by atoms with Crippen LogP contribution in [0.1, 0.15) is 24.9 Å². The third kappa shape index (κ3) is 2.85. The Morgan fingerprint density at radius 1 is 1.44 bits per heavy atom. The van der Waals surface area contributed by atoms with Crippen LogP contribution in [0.3, 0.4) is 0 Å².